The Morgan fingerprint density at radius 2 is 1.75 bits per heavy atom. The summed E-state index contributed by atoms with van der Waals surface area (Å²) in [6.07, 6.45) is 0.962. The lowest BCUT2D eigenvalue weighted by Gasteiger charge is -2.34. The zero-order valence-electron chi connectivity index (χ0n) is 20.4. The van der Waals surface area contributed by atoms with Crippen molar-refractivity contribution < 1.29 is 4.79 Å². The van der Waals surface area contributed by atoms with E-state index in [1.54, 1.807) is 0 Å². The molecule has 2 saturated heterocycles. The summed E-state index contributed by atoms with van der Waals surface area (Å²) in [6.45, 7) is 18.0. The van der Waals surface area contributed by atoms with Crippen LogP contribution in [0.25, 0.3) is 0 Å². The molecule has 1 aromatic rings. The average molecular weight is 443 g/mol. The van der Waals surface area contributed by atoms with Crippen molar-refractivity contribution in [2.75, 3.05) is 52.4 Å². The number of amides is 1. The number of benzene rings is 1. The molecule has 0 aliphatic carbocycles. The van der Waals surface area contributed by atoms with Crippen molar-refractivity contribution in [1.29, 1.82) is 0 Å². The maximum absolute atomic E-state index is 12.3. The summed E-state index contributed by atoms with van der Waals surface area (Å²) < 4.78 is 0. The van der Waals surface area contributed by atoms with Gasteiger partial charge in [0.05, 0.1) is 6.54 Å². The summed E-state index contributed by atoms with van der Waals surface area (Å²) in [7, 11) is 0. The lowest BCUT2D eigenvalue weighted by molar-refractivity contribution is -0.133. The van der Waals surface area contributed by atoms with Gasteiger partial charge < -0.3 is 20.4 Å². The van der Waals surface area contributed by atoms with Gasteiger partial charge in [-0.25, -0.2) is 4.99 Å². The number of piperazine rings is 1. The van der Waals surface area contributed by atoms with Crippen LogP contribution < -0.4 is 10.6 Å². The Hall–Kier alpha value is -2.12. The first-order chi connectivity index (χ1) is 15.5. The van der Waals surface area contributed by atoms with E-state index in [1.807, 2.05) is 18.7 Å². The van der Waals surface area contributed by atoms with Crippen LogP contribution in [-0.4, -0.2) is 85.0 Å². The number of carbonyl (C=O) groups is 1. The molecular weight excluding hydrogens is 400 g/mol. The maximum atomic E-state index is 12.3. The first-order valence-electron chi connectivity index (χ1n) is 12.3. The highest BCUT2D eigenvalue weighted by Gasteiger charge is 2.28. The van der Waals surface area contributed by atoms with E-state index in [0.717, 1.165) is 71.3 Å². The number of likely N-dealkylation sites (tertiary alicyclic amines) is 1. The van der Waals surface area contributed by atoms with Crippen molar-refractivity contribution in [2.24, 2.45) is 10.9 Å². The fourth-order valence-corrected chi connectivity index (χ4v) is 4.49. The summed E-state index contributed by atoms with van der Waals surface area (Å²) in [6, 6.07) is 8.93. The van der Waals surface area contributed by atoms with Crippen molar-refractivity contribution >= 4 is 11.9 Å². The zero-order valence-corrected chi connectivity index (χ0v) is 20.4. The molecule has 0 spiro atoms. The number of carbonyl (C=O) groups excluding carboxylic acids is 1. The monoisotopic (exact) mass is 442 g/mol. The van der Waals surface area contributed by atoms with Crippen LogP contribution in [0.1, 0.15) is 45.2 Å². The van der Waals surface area contributed by atoms with E-state index in [9.17, 15) is 4.79 Å². The molecule has 1 amide bonds. The van der Waals surface area contributed by atoms with E-state index < -0.39 is 0 Å². The van der Waals surface area contributed by atoms with Crippen LogP contribution in [0.3, 0.4) is 0 Å². The molecule has 178 valence electrons. The smallest absolute Gasteiger partial charge is 0.225 e. The zero-order chi connectivity index (χ0) is 22.9. The number of hydrogen-bond acceptors (Lipinski definition) is 4. The summed E-state index contributed by atoms with van der Waals surface area (Å²) in [5.41, 5.74) is 2.65. The first kappa shape index (κ1) is 24.5. The van der Waals surface area contributed by atoms with Gasteiger partial charge in [0.1, 0.15) is 0 Å². The molecule has 1 aromatic carbocycles. The Balaban J connectivity index is 1.59. The SMILES string of the molecule is CCNC(=NCc1ccccc1CN1CCN(CC)CC1)NC1CCN(C(=O)C(C)C)C1. The van der Waals surface area contributed by atoms with E-state index in [4.69, 9.17) is 4.99 Å². The van der Waals surface area contributed by atoms with Gasteiger partial charge in [0.15, 0.2) is 5.96 Å². The second-order valence-electron chi connectivity index (χ2n) is 9.24. The molecule has 2 aliphatic heterocycles. The van der Waals surface area contributed by atoms with Crippen LogP contribution in [0.2, 0.25) is 0 Å². The molecule has 32 heavy (non-hydrogen) atoms. The molecule has 1 atom stereocenters. The molecule has 0 aromatic heterocycles. The van der Waals surface area contributed by atoms with Gasteiger partial charge in [0.2, 0.25) is 5.91 Å². The largest absolute Gasteiger partial charge is 0.357 e. The number of nitrogens with zero attached hydrogens (tertiary/aromatic N) is 4. The number of aliphatic imine (C=N–C) groups is 1. The van der Waals surface area contributed by atoms with Crippen LogP contribution in [0.15, 0.2) is 29.3 Å². The summed E-state index contributed by atoms with van der Waals surface area (Å²) in [5.74, 6) is 1.13. The van der Waals surface area contributed by atoms with E-state index in [1.165, 1.54) is 11.1 Å². The molecule has 2 fully saturated rings. The number of hydrogen-bond donors (Lipinski definition) is 2. The lowest BCUT2D eigenvalue weighted by atomic mass is 10.1. The van der Waals surface area contributed by atoms with Gasteiger partial charge in [-0.05, 0) is 31.0 Å². The highest BCUT2D eigenvalue weighted by atomic mass is 16.2. The molecule has 7 nitrogen and oxygen atoms in total. The maximum Gasteiger partial charge on any atom is 0.225 e. The van der Waals surface area contributed by atoms with Crippen LogP contribution in [0, 0.1) is 5.92 Å². The molecule has 0 bridgehead atoms. The molecule has 2 heterocycles. The van der Waals surface area contributed by atoms with Gasteiger partial charge in [-0.3, -0.25) is 9.69 Å². The third-order valence-electron chi connectivity index (χ3n) is 6.51. The number of nitrogens with one attached hydrogen (secondary N) is 2. The van der Waals surface area contributed by atoms with Crippen LogP contribution >= 0.6 is 0 Å². The third-order valence-corrected chi connectivity index (χ3v) is 6.51. The van der Waals surface area contributed by atoms with E-state index >= 15 is 0 Å². The molecule has 0 saturated carbocycles. The fraction of sp³-hybridized carbons (Fsp3) is 0.680. The third kappa shape index (κ3) is 6.94. The van der Waals surface area contributed by atoms with Gasteiger partial charge in [-0.15, -0.1) is 0 Å². The minimum atomic E-state index is 0.0529. The van der Waals surface area contributed by atoms with Crippen LogP contribution in [-0.2, 0) is 17.9 Å². The highest BCUT2D eigenvalue weighted by molar-refractivity contribution is 5.81. The van der Waals surface area contributed by atoms with Gasteiger partial charge in [-0.1, -0.05) is 45.0 Å². The molecule has 3 rings (SSSR count). The second-order valence-corrected chi connectivity index (χ2v) is 9.24. The Bertz CT molecular complexity index is 757. The second kappa shape index (κ2) is 12.2. The van der Waals surface area contributed by atoms with Crippen LogP contribution in [0.5, 0.6) is 0 Å². The predicted molar refractivity (Wildman–Crippen MR) is 132 cm³/mol. The predicted octanol–water partition coefficient (Wildman–Crippen LogP) is 2.14. The minimum Gasteiger partial charge on any atom is -0.357 e. The van der Waals surface area contributed by atoms with E-state index in [2.05, 4.69) is 58.5 Å². The Morgan fingerprint density at radius 1 is 1.06 bits per heavy atom. The minimum absolute atomic E-state index is 0.0529. The average Bonchev–Trinajstić information content (AvgIpc) is 3.26. The number of likely N-dealkylation sites (N-methyl/N-ethyl adjacent to an activating group) is 1. The van der Waals surface area contributed by atoms with Crippen molar-refractivity contribution in [3.63, 3.8) is 0 Å². The quantitative estimate of drug-likeness (QED) is 0.477. The molecule has 0 radical (unpaired) electrons. The van der Waals surface area contributed by atoms with Crippen molar-refractivity contribution in [2.45, 2.75) is 53.2 Å². The topological polar surface area (TPSA) is 63.2 Å². The normalized spacial score (nSPS) is 20.7. The first-order valence-corrected chi connectivity index (χ1v) is 12.3. The Labute approximate surface area is 194 Å². The highest BCUT2D eigenvalue weighted by Crippen LogP contribution is 2.16. The Morgan fingerprint density at radius 3 is 2.41 bits per heavy atom. The van der Waals surface area contributed by atoms with Crippen molar-refractivity contribution in [1.82, 2.24) is 25.3 Å². The number of guanidine groups is 1. The molecule has 1 unspecified atom stereocenters. The molecule has 2 N–H and O–H groups in total. The molecular formula is C25H42N6O. The van der Waals surface area contributed by atoms with E-state index in [0.29, 0.717) is 6.54 Å². The summed E-state index contributed by atoms with van der Waals surface area (Å²) in [4.78, 5) is 24.2. The number of rotatable bonds is 8. The standard InChI is InChI=1S/C25H42N6O/c1-5-26-25(28-23-11-12-31(19-23)24(32)20(3)4)27-17-21-9-7-8-10-22(21)18-30-15-13-29(6-2)14-16-30/h7-10,20,23H,5-6,11-19H2,1-4H3,(H2,26,27,28). The van der Waals surface area contributed by atoms with Gasteiger partial charge in [-0.2, -0.15) is 0 Å². The van der Waals surface area contributed by atoms with Gasteiger partial charge >= 0.3 is 0 Å². The fourth-order valence-electron chi connectivity index (χ4n) is 4.49. The Kier molecular flexibility index (Phi) is 9.36. The summed E-state index contributed by atoms with van der Waals surface area (Å²) >= 11 is 0. The molecule has 7 heteroatoms. The van der Waals surface area contributed by atoms with Crippen molar-refractivity contribution in [3.05, 3.63) is 35.4 Å². The van der Waals surface area contributed by atoms with Gasteiger partial charge in [0.25, 0.3) is 0 Å². The summed E-state index contributed by atoms with van der Waals surface area (Å²) in [5, 5.41) is 6.93. The van der Waals surface area contributed by atoms with E-state index in [-0.39, 0.29) is 17.9 Å². The van der Waals surface area contributed by atoms with Crippen molar-refractivity contribution in [3.8, 4) is 0 Å². The lowest BCUT2D eigenvalue weighted by Crippen LogP contribution is -2.45. The van der Waals surface area contributed by atoms with Crippen LogP contribution in [0.4, 0.5) is 0 Å². The van der Waals surface area contributed by atoms with Gasteiger partial charge in [0, 0.05) is 64.3 Å². The molecule has 2 aliphatic rings.